The van der Waals surface area contributed by atoms with Gasteiger partial charge in [-0.15, -0.1) is 0 Å². The second-order valence-electron chi connectivity index (χ2n) is 13.2. The predicted octanol–water partition coefficient (Wildman–Crippen LogP) is 5.39. The molecule has 3 saturated carbocycles. The van der Waals surface area contributed by atoms with Crippen LogP contribution in [0.25, 0.3) is 0 Å². The molecule has 0 unspecified atom stereocenters. The fourth-order valence-electron chi connectivity index (χ4n) is 9.16. The average molecular weight is 487 g/mol. The van der Waals surface area contributed by atoms with E-state index in [1.807, 2.05) is 0 Å². The number of aliphatic hydroxyl groups excluding tert-OH is 2. The quantitative estimate of drug-likeness (QED) is 0.402. The summed E-state index contributed by atoms with van der Waals surface area (Å²) in [7, 11) is 1.34. The number of esters is 1. The van der Waals surface area contributed by atoms with Crippen LogP contribution < -0.4 is 0 Å². The number of fused-ring (bicyclic) bond motifs is 4. The molecule has 5 heteroatoms. The number of aliphatic hydroxyl groups is 2. The molecule has 4 aliphatic carbocycles. The zero-order chi connectivity index (χ0) is 25.9. The van der Waals surface area contributed by atoms with Gasteiger partial charge in [-0.05, 0) is 97.9 Å². The molecule has 4 rings (SSSR count). The number of ether oxygens (including phenoxy) is 1. The Morgan fingerprint density at radius 2 is 1.86 bits per heavy atom. The average Bonchev–Trinajstić information content (AvgIpc) is 3.06. The van der Waals surface area contributed by atoms with Crippen LogP contribution in [0.5, 0.6) is 0 Å². The van der Waals surface area contributed by atoms with Gasteiger partial charge in [-0.2, -0.15) is 0 Å². The van der Waals surface area contributed by atoms with Gasteiger partial charge in [0.2, 0.25) is 0 Å². The highest BCUT2D eigenvalue weighted by atomic mass is 16.5. The summed E-state index contributed by atoms with van der Waals surface area (Å²) in [6.07, 6.45) is 7.71. The Morgan fingerprint density at radius 3 is 2.51 bits per heavy atom. The maximum absolute atomic E-state index is 13.6. The minimum absolute atomic E-state index is 0.0906. The van der Waals surface area contributed by atoms with Crippen LogP contribution in [0.3, 0.4) is 0 Å². The van der Waals surface area contributed by atoms with Crippen molar-refractivity contribution in [2.75, 3.05) is 7.11 Å². The Hall–Kier alpha value is -1.46. The van der Waals surface area contributed by atoms with E-state index in [1.54, 1.807) is 13.0 Å². The van der Waals surface area contributed by atoms with Crippen LogP contribution in [0.4, 0.5) is 0 Å². The zero-order valence-electron chi connectivity index (χ0n) is 22.8. The van der Waals surface area contributed by atoms with Crippen LogP contribution >= 0.6 is 0 Å². The number of allylic oxidation sites excluding steroid dienone is 2. The van der Waals surface area contributed by atoms with E-state index in [0.29, 0.717) is 36.0 Å². The summed E-state index contributed by atoms with van der Waals surface area (Å²) < 4.78 is 4.75. The third-order valence-electron chi connectivity index (χ3n) is 11.0. The molecule has 0 aromatic carbocycles. The molecule has 0 aromatic heterocycles. The van der Waals surface area contributed by atoms with Crippen molar-refractivity contribution >= 4 is 11.8 Å². The van der Waals surface area contributed by atoms with Gasteiger partial charge in [0.1, 0.15) is 0 Å². The predicted molar refractivity (Wildman–Crippen MR) is 136 cm³/mol. The molecule has 4 aliphatic rings. The van der Waals surface area contributed by atoms with Crippen LogP contribution in [-0.2, 0) is 14.3 Å². The minimum Gasteiger partial charge on any atom is -0.466 e. The molecule has 0 bridgehead atoms. The summed E-state index contributed by atoms with van der Waals surface area (Å²) in [4.78, 5) is 25.3. The molecule has 0 amide bonds. The van der Waals surface area contributed by atoms with Crippen LogP contribution in [-0.4, -0.2) is 41.3 Å². The summed E-state index contributed by atoms with van der Waals surface area (Å²) in [5.74, 6) is 1.17. The smallest absolute Gasteiger partial charge is 0.333 e. The molecule has 0 aromatic rings. The molecular formula is C30H46O5. The summed E-state index contributed by atoms with van der Waals surface area (Å²) in [5.41, 5.74) is 2.86. The van der Waals surface area contributed by atoms with Crippen LogP contribution in [0.15, 0.2) is 22.8 Å². The Morgan fingerprint density at radius 1 is 1.17 bits per heavy atom. The van der Waals surface area contributed by atoms with Crippen molar-refractivity contribution in [2.45, 2.75) is 105 Å². The number of methoxy groups -OCH3 is 1. The lowest BCUT2D eigenvalue weighted by Gasteiger charge is -2.61. The molecule has 0 aliphatic heterocycles. The normalized spacial score (nSPS) is 40.5. The minimum atomic E-state index is -0.735. The van der Waals surface area contributed by atoms with Crippen molar-refractivity contribution in [3.63, 3.8) is 0 Å². The van der Waals surface area contributed by atoms with Crippen LogP contribution in [0.1, 0.15) is 92.9 Å². The number of ketones is 1. The van der Waals surface area contributed by atoms with Gasteiger partial charge in [-0.3, -0.25) is 4.79 Å². The summed E-state index contributed by atoms with van der Waals surface area (Å²) in [6.45, 7) is 13.0. The first kappa shape index (κ1) is 26.6. The Bertz CT molecular complexity index is 944. The van der Waals surface area contributed by atoms with Crippen LogP contribution in [0.2, 0.25) is 0 Å². The maximum atomic E-state index is 13.6. The first-order chi connectivity index (χ1) is 16.3. The third kappa shape index (κ3) is 4.15. The number of rotatable bonds is 5. The molecule has 35 heavy (non-hydrogen) atoms. The molecule has 0 heterocycles. The van der Waals surface area contributed by atoms with Gasteiger partial charge in [0.15, 0.2) is 5.78 Å². The van der Waals surface area contributed by atoms with E-state index in [9.17, 15) is 19.8 Å². The second-order valence-corrected chi connectivity index (χ2v) is 13.2. The highest BCUT2D eigenvalue weighted by Crippen LogP contribution is 2.67. The van der Waals surface area contributed by atoms with Crippen molar-refractivity contribution in [2.24, 2.45) is 39.9 Å². The highest BCUT2D eigenvalue weighted by molar-refractivity contribution is 6.00. The number of carbonyl (C=O) groups is 2. The lowest BCUT2D eigenvalue weighted by molar-refractivity contribution is -0.136. The number of hydrogen-bond acceptors (Lipinski definition) is 5. The van der Waals surface area contributed by atoms with Crippen molar-refractivity contribution in [3.8, 4) is 0 Å². The van der Waals surface area contributed by atoms with Gasteiger partial charge in [0.05, 0.1) is 19.3 Å². The van der Waals surface area contributed by atoms with E-state index in [2.05, 4.69) is 34.6 Å². The van der Waals surface area contributed by atoms with Gasteiger partial charge in [0.25, 0.3) is 0 Å². The lowest BCUT2D eigenvalue weighted by Crippen LogP contribution is -2.56. The first-order valence-corrected chi connectivity index (χ1v) is 13.7. The molecule has 8 atom stereocenters. The topological polar surface area (TPSA) is 83.8 Å². The molecule has 0 spiro atoms. The second kappa shape index (κ2) is 9.13. The molecule has 196 valence electrons. The zero-order valence-corrected chi connectivity index (χ0v) is 22.8. The largest absolute Gasteiger partial charge is 0.466 e. The fourth-order valence-corrected chi connectivity index (χ4v) is 9.16. The molecule has 2 N–H and O–H groups in total. The van der Waals surface area contributed by atoms with Gasteiger partial charge in [-0.1, -0.05) is 40.2 Å². The number of hydrogen-bond donors (Lipinski definition) is 2. The van der Waals surface area contributed by atoms with Crippen molar-refractivity contribution in [3.05, 3.63) is 22.8 Å². The van der Waals surface area contributed by atoms with E-state index < -0.39 is 12.1 Å². The van der Waals surface area contributed by atoms with E-state index in [1.165, 1.54) is 12.7 Å². The molecule has 0 radical (unpaired) electrons. The molecule has 3 fully saturated rings. The summed E-state index contributed by atoms with van der Waals surface area (Å²) in [5, 5.41) is 21.4. The van der Waals surface area contributed by atoms with Gasteiger partial charge < -0.3 is 14.9 Å². The van der Waals surface area contributed by atoms with Gasteiger partial charge >= 0.3 is 5.97 Å². The molecular weight excluding hydrogens is 440 g/mol. The maximum Gasteiger partial charge on any atom is 0.333 e. The SMILES string of the molecule is COC(=O)/C(C)=C/[C@H](O)C[C@@H](C)[C@@H]1CC(=O)C2=C3CC[C@H]4C(C)(C)[C@H](O)CC[C@]4(C)[C@H]3CC[C@]21C. The van der Waals surface area contributed by atoms with Crippen molar-refractivity contribution < 1.29 is 24.5 Å². The van der Waals surface area contributed by atoms with E-state index in [4.69, 9.17) is 4.74 Å². The van der Waals surface area contributed by atoms with E-state index in [0.717, 1.165) is 44.1 Å². The monoisotopic (exact) mass is 486 g/mol. The van der Waals surface area contributed by atoms with Gasteiger partial charge in [0, 0.05) is 17.6 Å². The summed E-state index contributed by atoms with van der Waals surface area (Å²) in [6, 6.07) is 0. The third-order valence-corrected chi connectivity index (χ3v) is 11.0. The van der Waals surface area contributed by atoms with Gasteiger partial charge in [-0.25, -0.2) is 4.79 Å². The lowest BCUT2D eigenvalue weighted by atomic mass is 9.44. The number of Topliss-reactive ketones (excluding diaryl/α,β-unsaturated/α-hetero) is 1. The Balaban J connectivity index is 1.60. The summed E-state index contributed by atoms with van der Waals surface area (Å²) >= 11 is 0. The standard InChI is InChI=1S/C30H46O5/c1-17(14-19(31)15-18(2)27(34)35-7)22-16-23(32)26-20-8-9-24-28(3,4)25(33)11-13-29(24,5)21(20)10-12-30(22,26)6/h15,17,19,21-22,24-25,31,33H,8-14,16H2,1-7H3/b18-15+/t17-,19-,21+,22+,24+,25-,29-,30+/m1/s1. The van der Waals surface area contributed by atoms with Crippen molar-refractivity contribution in [1.29, 1.82) is 0 Å². The van der Waals surface area contributed by atoms with Crippen molar-refractivity contribution in [1.82, 2.24) is 0 Å². The fraction of sp³-hybridized carbons (Fsp3) is 0.800. The first-order valence-electron chi connectivity index (χ1n) is 13.7. The molecule has 0 saturated heterocycles. The van der Waals surface area contributed by atoms with E-state index >= 15 is 0 Å². The Labute approximate surface area is 211 Å². The van der Waals surface area contributed by atoms with Crippen LogP contribution in [0, 0.1) is 39.9 Å². The Kier molecular flexibility index (Phi) is 6.94. The number of carbonyl (C=O) groups excluding carboxylic acids is 2. The highest BCUT2D eigenvalue weighted by Gasteiger charge is 2.61. The van der Waals surface area contributed by atoms with E-state index in [-0.39, 0.29) is 34.2 Å². The molecule has 5 nitrogen and oxygen atoms in total.